The Morgan fingerprint density at radius 2 is 1.85 bits per heavy atom. The number of carbonyl (C=O) groups is 2. The first kappa shape index (κ1) is 13.3. The van der Waals surface area contributed by atoms with Crippen molar-refractivity contribution in [1.29, 1.82) is 0 Å². The Bertz CT molecular complexity index is 684. The molecule has 4 N–H and O–H groups in total. The van der Waals surface area contributed by atoms with Gasteiger partial charge in [0.05, 0.1) is 23.0 Å². The van der Waals surface area contributed by atoms with Crippen LogP contribution in [-0.2, 0) is 0 Å². The molecule has 0 spiro atoms. The van der Waals surface area contributed by atoms with Gasteiger partial charge in [0.2, 0.25) is 0 Å². The van der Waals surface area contributed by atoms with E-state index in [1.165, 1.54) is 36.7 Å². The molecule has 0 bridgehead atoms. The Kier molecular flexibility index (Phi) is 3.52. The van der Waals surface area contributed by atoms with E-state index in [1.807, 2.05) is 0 Å². The van der Waals surface area contributed by atoms with Crippen LogP contribution in [0.15, 0.2) is 36.7 Å². The number of hydrogen-bond donors (Lipinski definition) is 4. The predicted octanol–water partition coefficient (Wildman–Crippen LogP) is 1.44. The quantitative estimate of drug-likeness (QED) is 0.629. The molecule has 0 saturated carbocycles. The van der Waals surface area contributed by atoms with E-state index in [1.54, 1.807) is 0 Å². The summed E-state index contributed by atoms with van der Waals surface area (Å²) in [6, 6.07) is 5.13. The molecule has 0 aliphatic rings. The number of pyridine rings is 1. The van der Waals surface area contributed by atoms with E-state index in [4.69, 9.17) is 5.11 Å². The summed E-state index contributed by atoms with van der Waals surface area (Å²) >= 11 is 0. The normalized spacial score (nSPS) is 10.0. The van der Waals surface area contributed by atoms with Crippen molar-refractivity contribution < 1.29 is 24.9 Å². The fraction of sp³-hybridized carbons (Fsp3) is 0. The Morgan fingerprint density at radius 1 is 1.10 bits per heavy atom. The van der Waals surface area contributed by atoms with Crippen molar-refractivity contribution in [3.8, 4) is 11.5 Å². The molecule has 7 heteroatoms. The van der Waals surface area contributed by atoms with Crippen LogP contribution in [0.3, 0.4) is 0 Å². The summed E-state index contributed by atoms with van der Waals surface area (Å²) < 4.78 is 0. The number of rotatable bonds is 3. The lowest BCUT2D eigenvalue weighted by Gasteiger charge is -2.09. The molecular weight excluding hydrogens is 264 g/mol. The van der Waals surface area contributed by atoms with Gasteiger partial charge in [-0.3, -0.25) is 9.78 Å². The molecule has 1 aromatic heterocycles. The fourth-order valence-corrected chi connectivity index (χ4v) is 1.58. The van der Waals surface area contributed by atoms with Gasteiger partial charge < -0.3 is 20.6 Å². The minimum Gasteiger partial charge on any atom is -0.504 e. The molecular formula is C13H10N2O5. The molecule has 0 aliphatic heterocycles. The number of carboxylic acid groups (broad SMARTS) is 1. The molecule has 102 valence electrons. The van der Waals surface area contributed by atoms with Crippen LogP contribution < -0.4 is 5.32 Å². The maximum atomic E-state index is 12.0. The number of nitrogens with zero attached hydrogens (tertiary/aromatic N) is 1. The summed E-state index contributed by atoms with van der Waals surface area (Å²) in [7, 11) is 0. The van der Waals surface area contributed by atoms with Crippen LogP contribution in [0.2, 0.25) is 0 Å². The van der Waals surface area contributed by atoms with Crippen molar-refractivity contribution in [3.05, 3.63) is 47.8 Å². The zero-order valence-electron chi connectivity index (χ0n) is 10.1. The molecule has 7 nitrogen and oxygen atoms in total. The van der Waals surface area contributed by atoms with Crippen LogP contribution in [0, 0.1) is 0 Å². The van der Waals surface area contributed by atoms with Crippen LogP contribution in [0.4, 0.5) is 5.69 Å². The fourth-order valence-electron chi connectivity index (χ4n) is 1.58. The van der Waals surface area contributed by atoms with E-state index in [2.05, 4.69) is 10.3 Å². The van der Waals surface area contributed by atoms with Crippen molar-refractivity contribution in [2.45, 2.75) is 0 Å². The lowest BCUT2D eigenvalue weighted by atomic mass is 10.1. The van der Waals surface area contributed by atoms with Crippen LogP contribution in [0.1, 0.15) is 20.7 Å². The third-order valence-corrected chi connectivity index (χ3v) is 2.56. The number of aromatic hydroxyl groups is 2. The SMILES string of the molecule is O=C(O)c1ccncc1NC(=O)c1cccc(O)c1O. The predicted molar refractivity (Wildman–Crippen MR) is 68.9 cm³/mol. The average molecular weight is 274 g/mol. The van der Waals surface area contributed by atoms with Crippen molar-refractivity contribution in [2.24, 2.45) is 0 Å². The summed E-state index contributed by atoms with van der Waals surface area (Å²) in [5.74, 6) is -3.00. The van der Waals surface area contributed by atoms with Gasteiger partial charge in [-0.25, -0.2) is 4.79 Å². The van der Waals surface area contributed by atoms with Crippen molar-refractivity contribution in [2.75, 3.05) is 5.32 Å². The van der Waals surface area contributed by atoms with Crippen molar-refractivity contribution in [1.82, 2.24) is 4.98 Å². The summed E-state index contributed by atoms with van der Waals surface area (Å²) in [4.78, 5) is 26.7. The highest BCUT2D eigenvalue weighted by atomic mass is 16.4. The third-order valence-electron chi connectivity index (χ3n) is 2.56. The smallest absolute Gasteiger partial charge is 0.337 e. The number of carboxylic acids is 1. The third kappa shape index (κ3) is 2.51. The monoisotopic (exact) mass is 274 g/mol. The Labute approximate surface area is 113 Å². The molecule has 2 aromatic rings. The first-order chi connectivity index (χ1) is 9.50. The van der Waals surface area contributed by atoms with E-state index < -0.39 is 23.4 Å². The molecule has 2 rings (SSSR count). The minimum absolute atomic E-state index is 0.00672. The van der Waals surface area contributed by atoms with Gasteiger partial charge in [-0.05, 0) is 18.2 Å². The van der Waals surface area contributed by atoms with Crippen molar-refractivity contribution >= 4 is 17.6 Å². The highest BCUT2D eigenvalue weighted by molar-refractivity contribution is 6.09. The second-order valence-electron chi connectivity index (χ2n) is 3.85. The van der Waals surface area contributed by atoms with Gasteiger partial charge in [-0.15, -0.1) is 0 Å². The molecule has 0 radical (unpaired) electrons. The molecule has 1 heterocycles. The summed E-state index contributed by atoms with van der Waals surface area (Å²) in [5, 5.41) is 30.2. The van der Waals surface area contributed by atoms with Gasteiger partial charge in [-0.1, -0.05) is 6.07 Å². The van der Waals surface area contributed by atoms with Gasteiger partial charge >= 0.3 is 5.97 Å². The molecule has 1 aromatic carbocycles. The van der Waals surface area contributed by atoms with E-state index in [-0.39, 0.29) is 16.8 Å². The van der Waals surface area contributed by atoms with Gasteiger partial charge in [0.1, 0.15) is 0 Å². The molecule has 0 unspecified atom stereocenters. The summed E-state index contributed by atoms with van der Waals surface area (Å²) in [5.41, 5.74) is -0.314. The van der Waals surface area contributed by atoms with Crippen LogP contribution in [-0.4, -0.2) is 32.2 Å². The number of amides is 1. The lowest BCUT2D eigenvalue weighted by Crippen LogP contribution is -2.15. The maximum absolute atomic E-state index is 12.0. The van der Waals surface area contributed by atoms with E-state index in [0.29, 0.717) is 0 Å². The molecule has 0 fully saturated rings. The van der Waals surface area contributed by atoms with E-state index >= 15 is 0 Å². The number of benzene rings is 1. The highest BCUT2D eigenvalue weighted by Gasteiger charge is 2.17. The topological polar surface area (TPSA) is 120 Å². The number of anilines is 1. The number of aromatic nitrogens is 1. The van der Waals surface area contributed by atoms with Crippen LogP contribution in [0.5, 0.6) is 11.5 Å². The molecule has 1 amide bonds. The summed E-state index contributed by atoms with van der Waals surface area (Å²) in [6.07, 6.45) is 2.46. The van der Waals surface area contributed by atoms with Crippen LogP contribution >= 0.6 is 0 Å². The van der Waals surface area contributed by atoms with Gasteiger partial charge in [-0.2, -0.15) is 0 Å². The molecule has 0 saturated heterocycles. The number of carbonyl (C=O) groups excluding carboxylic acids is 1. The minimum atomic E-state index is -1.22. The van der Waals surface area contributed by atoms with Gasteiger partial charge in [0.15, 0.2) is 11.5 Å². The second-order valence-corrected chi connectivity index (χ2v) is 3.85. The maximum Gasteiger partial charge on any atom is 0.337 e. The zero-order valence-corrected chi connectivity index (χ0v) is 10.1. The second kappa shape index (κ2) is 5.27. The Hall–Kier alpha value is -3.09. The number of phenolic OH excluding ortho intramolecular Hbond substituents is 2. The standard InChI is InChI=1S/C13H10N2O5/c16-10-3-1-2-8(11(10)17)12(18)15-9-6-14-5-4-7(9)13(19)20/h1-6,16-17H,(H,15,18)(H,19,20). The zero-order chi connectivity index (χ0) is 14.7. The largest absolute Gasteiger partial charge is 0.504 e. The van der Waals surface area contributed by atoms with Crippen molar-refractivity contribution in [3.63, 3.8) is 0 Å². The first-order valence-electron chi connectivity index (χ1n) is 5.50. The number of phenols is 2. The molecule has 20 heavy (non-hydrogen) atoms. The number of aromatic carboxylic acids is 1. The number of para-hydroxylation sites is 1. The lowest BCUT2D eigenvalue weighted by molar-refractivity contribution is 0.0698. The molecule has 0 atom stereocenters. The van der Waals surface area contributed by atoms with E-state index in [9.17, 15) is 19.8 Å². The summed E-state index contributed by atoms with van der Waals surface area (Å²) in [6.45, 7) is 0. The van der Waals surface area contributed by atoms with Crippen LogP contribution in [0.25, 0.3) is 0 Å². The molecule has 0 aliphatic carbocycles. The highest BCUT2D eigenvalue weighted by Crippen LogP contribution is 2.29. The Balaban J connectivity index is 2.33. The Morgan fingerprint density at radius 3 is 2.55 bits per heavy atom. The number of hydrogen-bond acceptors (Lipinski definition) is 5. The average Bonchev–Trinajstić information content (AvgIpc) is 2.42. The van der Waals surface area contributed by atoms with E-state index in [0.717, 1.165) is 0 Å². The first-order valence-corrected chi connectivity index (χ1v) is 5.50. The van der Waals surface area contributed by atoms with Gasteiger partial charge in [0.25, 0.3) is 5.91 Å². The van der Waals surface area contributed by atoms with Gasteiger partial charge in [0, 0.05) is 6.20 Å². The number of nitrogens with one attached hydrogen (secondary N) is 1.